The Hall–Kier alpha value is -2.49. The molecule has 122 valence electrons. The van der Waals surface area contributed by atoms with Crippen LogP contribution in [0, 0.1) is 11.6 Å². The van der Waals surface area contributed by atoms with Gasteiger partial charge in [-0.1, -0.05) is 0 Å². The molecule has 0 saturated heterocycles. The lowest BCUT2D eigenvalue weighted by molar-refractivity contribution is -0.286. The number of benzene rings is 2. The van der Waals surface area contributed by atoms with Crippen LogP contribution in [0.2, 0.25) is 0 Å². The van der Waals surface area contributed by atoms with Gasteiger partial charge >= 0.3 is 6.29 Å². The third kappa shape index (κ3) is 3.02. The third-order valence-electron chi connectivity index (χ3n) is 2.85. The standard InChI is InChI=1S/C13H7F4NO4S/c14-9-3-2-8(6-10(9)15)23(19,20)18-7-1-4-11-12(5-7)22-13(16,17)21-11/h1-6,18H. The summed E-state index contributed by atoms with van der Waals surface area (Å²) in [6.45, 7) is 0. The van der Waals surface area contributed by atoms with Crippen LogP contribution in [-0.4, -0.2) is 14.7 Å². The number of hydrogen-bond acceptors (Lipinski definition) is 4. The molecule has 0 atom stereocenters. The zero-order chi connectivity index (χ0) is 16.8. The first-order valence-electron chi connectivity index (χ1n) is 6.04. The average molecular weight is 349 g/mol. The van der Waals surface area contributed by atoms with Gasteiger partial charge in [0.2, 0.25) is 0 Å². The molecule has 0 aliphatic carbocycles. The minimum absolute atomic E-state index is 0.116. The molecule has 0 unspecified atom stereocenters. The van der Waals surface area contributed by atoms with Crippen molar-refractivity contribution >= 4 is 15.7 Å². The molecule has 0 aromatic heterocycles. The summed E-state index contributed by atoms with van der Waals surface area (Å²) in [4.78, 5) is -0.528. The van der Waals surface area contributed by atoms with Crippen LogP contribution >= 0.6 is 0 Å². The first-order chi connectivity index (χ1) is 10.7. The van der Waals surface area contributed by atoms with E-state index in [4.69, 9.17) is 0 Å². The number of fused-ring (bicyclic) bond motifs is 1. The van der Waals surface area contributed by atoms with E-state index >= 15 is 0 Å². The fraction of sp³-hybridized carbons (Fsp3) is 0.0769. The molecule has 0 spiro atoms. The quantitative estimate of drug-likeness (QED) is 0.865. The molecule has 0 amide bonds. The lowest BCUT2D eigenvalue weighted by Crippen LogP contribution is -2.25. The zero-order valence-corrected chi connectivity index (χ0v) is 11.8. The van der Waals surface area contributed by atoms with Gasteiger partial charge in [0.1, 0.15) is 0 Å². The van der Waals surface area contributed by atoms with E-state index in [2.05, 4.69) is 9.47 Å². The van der Waals surface area contributed by atoms with Gasteiger partial charge in [-0.25, -0.2) is 17.2 Å². The molecule has 1 aliphatic rings. The average Bonchev–Trinajstić information content (AvgIpc) is 2.74. The molecular formula is C13H7F4NO4S. The fourth-order valence-electron chi connectivity index (χ4n) is 1.87. The summed E-state index contributed by atoms with van der Waals surface area (Å²) >= 11 is 0. The van der Waals surface area contributed by atoms with E-state index in [-0.39, 0.29) is 17.2 Å². The predicted octanol–water partition coefficient (Wildman–Crippen LogP) is 3.09. The van der Waals surface area contributed by atoms with E-state index in [1.54, 1.807) is 0 Å². The van der Waals surface area contributed by atoms with Crippen molar-refractivity contribution in [1.29, 1.82) is 0 Å². The maximum Gasteiger partial charge on any atom is 0.586 e. The van der Waals surface area contributed by atoms with Crippen molar-refractivity contribution in [3.8, 4) is 11.5 Å². The lowest BCUT2D eigenvalue weighted by Gasteiger charge is -2.09. The number of halogens is 4. The summed E-state index contributed by atoms with van der Waals surface area (Å²) in [6.07, 6.45) is -3.83. The Labute approximate surface area is 127 Å². The van der Waals surface area contributed by atoms with Gasteiger partial charge in [-0.05, 0) is 30.3 Å². The van der Waals surface area contributed by atoms with E-state index < -0.39 is 32.8 Å². The minimum atomic E-state index is -4.24. The van der Waals surface area contributed by atoms with Gasteiger partial charge in [0.15, 0.2) is 23.1 Å². The number of anilines is 1. The van der Waals surface area contributed by atoms with Crippen molar-refractivity contribution in [3.63, 3.8) is 0 Å². The second-order valence-electron chi connectivity index (χ2n) is 4.51. The Bertz CT molecular complexity index is 886. The van der Waals surface area contributed by atoms with E-state index in [1.165, 1.54) is 0 Å². The molecule has 1 aliphatic heterocycles. The monoisotopic (exact) mass is 349 g/mol. The van der Waals surface area contributed by atoms with Crippen LogP contribution < -0.4 is 14.2 Å². The molecule has 3 rings (SSSR count). The Balaban J connectivity index is 1.88. The number of alkyl halides is 2. The highest BCUT2D eigenvalue weighted by Gasteiger charge is 2.43. The van der Waals surface area contributed by atoms with Gasteiger partial charge in [0.25, 0.3) is 10.0 Å². The summed E-state index contributed by atoms with van der Waals surface area (Å²) < 4.78 is 86.3. The fourth-order valence-corrected chi connectivity index (χ4v) is 2.93. The summed E-state index contributed by atoms with van der Waals surface area (Å²) in [5, 5.41) is 0. The van der Waals surface area contributed by atoms with E-state index in [0.29, 0.717) is 12.1 Å². The first-order valence-corrected chi connectivity index (χ1v) is 7.52. The molecular weight excluding hydrogens is 342 g/mol. The van der Waals surface area contributed by atoms with Crippen LogP contribution in [0.25, 0.3) is 0 Å². The topological polar surface area (TPSA) is 64.6 Å². The first kappa shape index (κ1) is 15.4. The van der Waals surface area contributed by atoms with E-state index in [1.807, 2.05) is 4.72 Å². The molecule has 10 heteroatoms. The van der Waals surface area contributed by atoms with Crippen molar-refractivity contribution in [3.05, 3.63) is 48.0 Å². The smallest absolute Gasteiger partial charge is 0.395 e. The van der Waals surface area contributed by atoms with Crippen molar-refractivity contribution in [1.82, 2.24) is 0 Å². The van der Waals surface area contributed by atoms with Crippen LogP contribution in [0.4, 0.5) is 23.2 Å². The van der Waals surface area contributed by atoms with Crippen LogP contribution in [0.3, 0.4) is 0 Å². The molecule has 0 radical (unpaired) electrons. The van der Waals surface area contributed by atoms with Gasteiger partial charge in [0, 0.05) is 6.07 Å². The maximum atomic E-state index is 13.1. The van der Waals surface area contributed by atoms with Gasteiger partial charge in [-0.2, -0.15) is 0 Å². The molecule has 5 nitrogen and oxygen atoms in total. The van der Waals surface area contributed by atoms with Crippen molar-refractivity contribution < 1.29 is 35.5 Å². The summed E-state index contributed by atoms with van der Waals surface area (Å²) in [5.74, 6) is -3.15. The highest BCUT2D eigenvalue weighted by atomic mass is 32.2. The number of rotatable bonds is 3. The van der Waals surface area contributed by atoms with Crippen LogP contribution in [0.5, 0.6) is 11.5 Å². The summed E-state index contributed by atoms with van der Waals surface area (Å²) in [5.41, 5.74) is -0.116. The van der Waals surface area contributed by atoms with Gasteiger partial charge in [0.05, 0.1) is 10.6 Å². The number of ether oxygens (including phenoxy) is 2. The van der Waals surface area contributed by atoms with Crippen LogP contribution in [-0.2, 0) is 10.0 Å². The molecule has 0 saturated carbocycles. The second kappa shape index (κ2) is 5.01. The molecule has 2 aromatic rings. The Morgan fingerprint density at radius 2 is 1.61 bits per heavy atom. The minimum Gasteiger partial charge on any atom is -0.395 e. The van der Waals surface area contributed by atoms with E-state index in [9.17, 15) is 26.0 Å². The number of sulfonamides is 1. The highest BCUT2D eigenvalue weighted by Crippen LogP contribution is 2.42. The number of nitrogens with one attached hydrogen (secondary N) is 1. The normalized spacial score (nSPS) is 15.5. The Kier molecular flexibility index (Phi) is 3.36. The van der Waals surface area contributed by atoms with Crippen molar-refractivity contribution in [2.75, 3.05) is 4.72 Å². The molecule has 0 fully saturated rings. The molecule has 0 bridgehead atoms. The molecule has 2 aromatic carbocycles. The zero-order valence-electron chi connectivity index (χ0n) is 11.0. The van der Waals surface area contributed by atoms with Gasteiger partial charge < -0.3 is 9.47 Å². The van der Waals surface area contributed by atoms with Crippen molar-refractivity contribution in [2.24, 2.45) is 0 Å². The maximum absolute atomic E-state index is 13.1. The van der Waals surface area contributed by atoms with Gasteiger partial charge in [-0.15, -0.1) is 8.78 Å². The predicted molar refractivity (Wildman–Crippen MR) is 69.8 cm³/mol. The van der Waals surface area contributed by atoms with Crippen LogP contribution in [0.1, 0.15) is 0 Å². The molecule has 1 N–H and O–H groups in total. The Morgan fingerprint density at radius 3 is 2.30 bits per heavy atom. The summed E-state index contributed by atoms with van der Waals surface area (Å²) in [7, 11) is -4.24. The summed E-state index contributed by atoms with van der Waals surface area (Å²) in [6, 6.07) is 5.23. The molecule has 1 heterocycles. The third-order valence-corrected chi connectivity index (χ3v) is 4.23. The SMILES string of the molecule is O=S(=O)(Nc1ccc2c(c1)OC(F)(F)O2)c1ccc(F)c(F)c1. The van der Waals surface area contributed by atoms with E-state index in [0.717, 1.165) is 24.3 Å². The highest BCUT2D eigenvalue weighted by molar-refractivity contribution is 7.92. The molecule has 23 heavy (non-hydrogen) atoms. The second-order valence-corrected chi connectivity index (χ2v) is 6.19. The van der Waals surface area contributed by atoms with Crippen LogP contribution in [0.15, 0.2) is 41.3 Å². The number of hydrogen-bond donors (Lipinski definition) is 1. The van der Waals surface area contributed by atoms with Gasteiger partial charge in [-0.3, -0.25) is 4.72 Å². The Morgan fingerprint density at radius 1 is 0.913 bits per heavy atom. The van der Waals surface area contributed by atoms with Crippen molar-refractivity contribution in [2.45, 2.75) is 11.2 Å². The largest absolute Gasteiger partial charge is 0.586 e. The lowest BCUT2D eigenvalue weighted by atomic mass is 10.3.